The average Bonchev–Trinajstić information content (AvgIpc) is 2.84. The molecule has 4 nitrogen and oxygen atoms in total. The van der Waals surface area contributed by atoms with Gasteiger partial charge in [0, 0.05) is 23.6 Å². The second-order valence-corrected chi connectivity index (χ2v) is 5.97. The first kappa shape index (κ1) is 14.8. The number of halogens is 2. The van der Waals surface area contributed by atoms with Gasteiger partial charge in [-0.25, -0.2) is 13.6 Å². The third-order valence-corrected chi connectivity index (χ3v) is 4.17. The Morgan fingerprint density at radius 1 is 1.23 bits per heavy atom. The monoisotopic (exact) mass is 308 g/mol. The molecule has 118 valence electrons. The van der Waals surface area contributed by atoms with Crippen LogP contribution in [0.4, 0.5) is 13.6 Å². The van der Waals surface area contributed by atoms with Gasteiger partial charge in [0.05, 0.1) is 5.52 Å². The molecule has 0 spiro atoms. The van der Waals surface area contributed by atoms with Crippen LogP contribution in [0.3, 0.4) is 0 Å². The molecule has 1 aromatic carbocycles. The number of carbonyl (C=O) groups is 1. The van der Waals surface area contributed by atoms with E-state index in [0.29, 0.717) is 5.92 Å². The predicted octanol–water partition coefficient (Wildman–Crippen LogP) is 4.11. The van der Waals surface area contributed by atoms with Crippen LogP contribution in [0.2, 0.25) is 0 Å². The third kappa shape index (κ3) is 3.21. The summed E-state index contributed by atoms with van der Waals surface area (Å²) in [5.74, 6) is -0.580. The maximum Gasteiger partial charge on any atom is 0.414 e. The number of carbonyl (C=O) groups excluding carboxylic acids is 1. The number of aromatic amines is 1. The van der Waals surface area contributed by atoms with Crippen LogP contribution in [0, 0.1) is 17.6 Å². The van der Waals surface area contributed by atoms with E-state index in [4.69, 9.17) is 4.74 Å². The Labute approximate surface area is 126 Å². The highest BCUT2D eigenvalue weighted by molar-refractivity contribution is 5.83. The van der Waals surface area contributed by atoms with Crippen molar-refractivity contribution in [3.05, 3.63) is 29.8 Å². The van der Waals surface area contributed by atoms with Crippen molar-refractivity contribution in [3.63, 3.8) is 0 Å². The third-order valence-electron chi connectivity index (χ3n) is 4.17. The molecule has 1 fully saturated rings. The van der Waals surface area contributed by atoms with Gasteiger partial charge in [-0.05, 0) is 37.7 Å². The molecular weight excluding hydrogens is 290 g/mol. The van der Waals surface area contributed by atoms with Crippen molar-refractivity contribution in [2.45, 2.75) is 38.6 Å². The van der Waals surface area contributed by atoms with Crippen LogP contribution in [-0.2, 0) is 0 Å². The van der Waals surface area contributed by atoms with Crippen LogP contribution in [0.5, 0.6) is 5.88 Å². The number of ether oxygens (including phenoxy) is 1. The first-order valence-electron chi connectivity index (χ1n) is 7.47. The van der Waals surface area contributed by atoms with Gasteiger partial charge in [0.2, 0.25) is 5.88 Å². The van der Waals surface area contributed by atoms with E-state index in [1.165, 1.54) is 6.07 Å². The van der Waals surface area contributed by atoms with Crippen LogP contribution in [0.1, 0.15) is 32.6 Å². The molecule has 0 saturated heterocycles. The fraction of sp³-hybridized carbons (Fsp3) is 0.438. The minimum atomic E-state index is -0.692. The predicted molar refractivity (Wildman–Crippen MR) is 78.8 cm³/mol. The van der Waals surface area contributed by atoms with E-state index in [1.807, 2.05) is 0 Å². The molecule has 1 aromatic heterocycles. The molecule has 0 radical (unpaired) electrons. The number of hydrogen-bond donors (Lipinski definition) is 2. The van der Waals surface area contributed by atoms with Crippen molar-refractivity contribution in [1.82, 2.24) is 10.3 Å². The Kier molecular flexibility index (Phi) is 4.00. The van der Waals surface area contributed by atoms with Crippen LogP contribution < -0.4 is 10.1 Å². The second kappa shape index (κ2) is 5.94. The lowest BCUT2D eigenvalue weighted by Crippen LogP contribution is -2.39. The molecule has 1 saturated carbocycles. The zero-order valence-corrected chi connectivity index (χ0v) is 12.3. The Morgan fingerprint density at radius 3 is 2.68 bits per heavy atom. The number of benzene rings is 1. The van der Waals surface area contributed by atoms with Crippen LogP contribution in [0.25, 0.3) is 10.9 Å². The summed E-state index contributed by atoms with van der Waals surface area (Å²) in [6, 6.07) is 3.42. The highest BCUT2D eigenvalue weighted by Crippen LogP contribution is 2.25. The fourth-order valence-electron chi connectivity index (χ4n) is 2.89. The SMILES string of the molecule is C[C@H]1CC[C@H](NC(=O)Oc2cc3c(F)cc(F)cc3[nH]2)CC1. The summed E-state index contributed by atoms with van der Waals surface area (Å²) in [5, 5.41) is 3.00. The zero-order valence-electron chi connectivity index (χ0n) is 12.3. The molecule has 0 aliphatic heterocycles. The lowest BCUT2D eigenvalue weighted by molar-refractivity contribution is 0.187. The van der Waals surface area contributed by atoms with E-state index in [-0.39, 0.29) is 22.8 Å². The van der Waals surface area contributed by atoms with E-state index in [1.54, 1.807) is 0 Å². The van der Waals surface area contributed by atoms with E-state index in [9.17, 15) is 13.6 Å². The summed E-state index contributed by atoms with van der Waals surface area (Å²) in [6.07, 6.45) is 3.46. The quantitative estimate of drug-likeness (QED) is 0.877. The van der Waals surface area contributed by atoms with Crippen molar-refractivity contribution in [1.29, 1.82) is 0 Å². The fourth-order valence-corrected chi connectivity index (χ4v) is 2.89. The summed E-state index contributed by atoms with van der Waals surface area (Å²) in [7, 11) is 0. The molecule has 0 unspecified atom stereocenters. The van der Waals surface area contributed by atoms with Gasteiger partial charge in [0.25, 0.3) is 0 Å². The number of aromatic nitrogens is 1. The molecule has 1 heterocycles. The maximum atomic E-state index is 13.6. The maximum absolute atomic E-state index is 13.6. The number of rotatable bonds is 2. The molecule has 1 aliphatic rings. The van der Waals surface area contributed by atoms with Gasteiger partial charge in [0.15, 0.2) is 0 Å². The molecule has 22 heavy (non-hydrogen) atoms. The van der Waals surface area contributed by atoms with Crippen molar-refractivity contribution in [2.24, 2.45) is 5.92 Å². The summed E-state index contributed by atoms with van der Waals surface area (Å²) < 4.78 is 31.8. The normalized spacial score (nSPS) is 21.8. The van der Waals surface area contributed by atoms with E-state index >= 15 is 0 Å². The molecule has 1 aliphatic carbocycles. The lowest BCUT2D eigenvalue weighted by atomic mass is 9.87. The van der Waals surface area contributed by atoms with Crippen molar-refractivity contribution in [2.75, 3.05) is 0 Å². The minimum Gasteiger partial charge on any atom is -0.393 e. The van der Waals surface area contributed by atoms with Gasteiger partial charge in [0.1, 0.15) is 11.6 Å². The molecule has 2 aromatic rings. The molecule has 2 N–H and O–H groups in total. The Bertz CT molecular complexity index is 691. The molecule has 0 atom stereocenters. The van der Waals surface area contributed by atoms with Crippen LogP contribution in [0.15, 0.2) is 18.2 Å². The Balaban J connectivity index is 1.65. The van der Waals surface area contributed by atoms with Gasteiger partial charge >= 0.3 is 6.09 Å². The van der Waals surface area contributed by atoms with Gasteiger partial charge < -0.3 is 15.0 Å². The Morgan fingerprint density at radius 2 is 1.95 bits per heavy atom. The first-order valence-corrected chi connectivity index (χ1v) is 7.47. The van der Waals surface area contributed by atoms with Gasteiger partial charge in [-0.1, -0.05) is 6.92 Å². The lowest BCUT2D eigenvalue weighted by Gasteiger charge is -2.26. The zero-order chi connectivity index (χ0) is 15.7. The molecular formula is C16H18F2N2O2. The number of amides is 1. The standard InChI is InChI=1S/C16H18F2N2O2/c1-9-2-4-11(5-3-9)19-16(21)22-15-8-12-13(18)6-10(17)7-14(12)20-15/h6-9,11,20H,2-5H2,1H3,(H,19,21)/t9-,11-. The van der Waals surface area contributed by atoms with E-state index in [0.717, 1.165) is 37.8 Å². The van der Waals surface area contributed by atoms with Crippen molar-refractivity contribution < 1.29 is 18.3 Å². The number of fused-ring (bicyclic) bond motifs is 1. The summed E-state index contributed by atoms with van der Waals surface area (Å²) in [6.45, 7) is 2.20. The first-order chi connectivity index (χ1) is 10.5. The Hall–Kier alpha value is -2.11. The summed E-state index contributed by atoms with van der Waals surface area (Å²) in [5.41, 5.74) is 0.256. The highest BCUT2D eigenvalue weighted by atomic mass is 19.1. The molecule has 3 rings (SSSR count). The molecule has 6 heteroatoms. The largest absolute Gasteiger partial charge is 0.414 e. The highest BCUT2D eigenvalue weighted by Gasteiger charge is 2.21. The van der Waals surface area contributed by atoms with E-state index < -0.39 is 17.7 Å². The number of nitrogens with one attached hydrogen (secondary N) is 2. The van der Waals surface area contributed by atoms with Crippen LogP contribution in [-0.4, -0.2) is 17.1 Å². The van der Waals surface area contributed by atoms with Gasteiger partial charge in [-0.3, -0.25) is 0 Å². The molecule has 0 bridgehead atoms. The molecule has 1 amide bonds. The van der Waals surface area contributed by atoms with Crippen molar-refractivity contribution >= 4 is 17.0 Å². The minimum absolute atomic E-state index is 0.0983. The number of hydrogen-bond acceptors (Lipinski definition) is 2. The second-order valence-electron chi connectivity index (χ2n) is 5.97. The van der Waals surface area contributed by atoms with Gasteiger partial charge in [-0.2, -0.15) is 0 Å². The van der Waals surface area contributed by atoms with E-state index in [2.05, 4.69) is 17.2 Å². The number of H-pyrrole nitrogens is 1. The van der Waals surface area contributed by atoms with Crippen LogP contribution >= 0.6 is 0 Å². The summed E-state index contributed by atoms with van der Waals surface area (Å²) in [4.78, 5) is 14.6. The topological polar surface area (TPSA) is 54.1 Å². The average molecular weight is 308 g/mol. The van der Waals surface area contributed by atoms with Gasteiger partial charge in [-0.15, -0.1) is 0 Å². The smallest absolute Gasteiger partial charge is 0.393 e. The summed E-state index contributed by atoms with van der Waals surface area (Å²) >= 11 is 0. The van der Waals surface area contributed by atoms with Crippen molar-refractivity contribution in [3.8, 4) is 5.88 Å².